The van der Waals surface area contributed by atoms with Gasteiger partial charge in [0.2, 0.25) is 0 Å². The molecule has 0 aliphatic heterocycles. The average molecular weight is 446 g/mol. The molecule has 3 nitrogen and oxygen atoms in total. The van der Waals surface area contributed by atoms with Crippen molar-refractivity contribution in [2.75, 3.05) is 0 Å². The molecule has 3 heteroatoms. The quantitative estimate of drug-likeness (QED) is 0.301. The largest absolute Gasteiger partial charge is 0.481 e. The maximum absolute atomic E-state index is 10.8. The number of aromatic nitrogens is 1. The Morgan fingerprint density at radius 1 is 0.970 bits per heavy atom. The first-order valence-corrected chi connectivity index (χ1v) is 12.7. The highest BCUT2D eigenvalue weighted by molar-refractivity contribution is 5.75. The molecule has 0 radical (unpaired) electrons. The molecule has 1 aliphatic carbocycles. The van der Waals surface area contributed by atoms with E-state index in [0.29, 0.717) is 0 Å². The molecule has 0 saturated carbocycles. The first-order chi connectivity index (χ1) is 16.1. The van der Waals surface area contributed by atoms with Crippen LogP contribution in [0.25, 0.3) is 5.57 Å². The summed E-state index contributed by atoms with van der Waals surface area (Å²) >= 11 is 0. The van der Waals surface area contributed by atoms with Crippen molar-refractivity contribution < 1.29 is 9.90 Å². The molecule has 1 atom stereocenters. The van der Waals surface area contributed by atoms with Gasteiger partial charge in [-0.25, -0.2) is 0 Å². The smallest absolute Gasteiger partial charge is 0.303 e. The predicted octanol–water partition coefficient (Wildman–Crippen LogP) is 7.91. The molecule has 1 aliphatic rings. The molecule has 176 valence electrons. The van der Waals surface area contributed by atoms with E-state index < -0.39 is 5.97 Å². The lowest BCUT2D eigenvalue weighted by atomic mass is 9.72. The highest BCUT2D eigenvalue weighted by Gasteiger charge is 2.31. The molecule has 2 aromatic rings. The van der Waals surface area contributed by atoms with Crippen molar-refractivity contribution in [2.45, 2.75) is 89.4 Å². The Bertz CT molecular complexity index is 914. The molecule has 0 fully saturated rings. The number of carboxylic acid groups (broad SMARTS) is 1. The van der Waals surface area contributed by atoms with Crippen LogP contribution in [0, 0.1) is 0 Å². The number of rotatable bonds is 14. The molecule has 0 saturated heterocycles. The summed E-state index contributed by atoms with van der Waals surface area (Å²) in [7, 11) is 0. The molecule has 1 aromatic heterocycles. The van der Waals surface area contributed by atoms with E-state index in [-0.39, 0.29) is 11.8 Å². The molecular formula is C30H39NO2. The Balaban J connectivity index is 1.68. The number of allylic oxidation sites excluding steroid dienone is 4. The van der Waals surface area contributed by atoms with E-state index in [4.69, 9.17) is 10.1 Å². The van der Waals surface area contributed by atoms with Crippen molar-refractivity contribution in [1.29, 1.82) is 0 Å². The van der Waals surface area contributed by atoms with E-state index in [9.17, 15) is 4.79 Å². The van der Waals surface area contributed by atoms with Crippen molar-refractivity contribution in [3.05, 3.63) is 83.7 Å². The standard InChI is InChI=1S/C30H39NO2/c1-2-3-4-5-8-13-25-17-18-28(31-24-25)30(21-12-7-11-16-29(32)33)22-19-27(20-23-30)26-14-9-6-10-15-26/h6,9-10,14-15,17-20,22,24H,2-5,7-8,11-13,16,21,23H2,1H3,(H,32,33). The zero-order valence-corrected chi connectivity index (χ0v) is 20.1. The van der Waals surface area contributed by atoms with Gasteiger partial charge in [0.1, 0.15) is 0 Å². The van der Waals surface area contributed by atoms with E-state index in [0.717, 1.165) is 44.2 Å². The van der Waals surface area contributed by atoms with Gasteiger partial charge in [0.05, 0.1) is 5.69 Å². The first-order valence-electron chi connectivity index (χ1n) is 12.7. The van der Waals surface area contributed by atoms with Crippen LogP contribution < -0.4 is 0 Å². The molecule has 0 amide bonds. The zero-order valence-electron chi connectivity index (χ0n) is 20.1. The summed E-state index contributed by atoms with van der Waals surface area (Å²) in [6.07, 6.45) is 21.4. The fourth-order valence-electron chi connectivity index (χ4n) is 4.72. The Morgan fingerprint density at radius 2 is 1.76 bits per heavy atom. The van der Waals surface area contributed by atoms with Crippen molar-refractivity contribution in [3.63, 3.8) is 0 Å². The summed E-state index contributed by atoms with van der Waals surface area (Å²) in [5.41, 5.74) is 4.86. The van der Waals surface area contributed by atoms with Crippen molar-refractivity contribution in [1.82, 2.24) is 4.98 Å². The van der Waals surface area contributed by atoms with Gasteiger partial charge in [-0.15, -0.1) is 0 Å². The Labute approximate surface area is 199 Å². The van der Waals surface area contributed by atoms with Crippen molar-refractivity contribution in [2.24, 2.45) is 0 Å². The third kappa shape index (κ3) is 7.70. The average Bonchev–Trinajstić information content (AvgIpc) is 2.85. The summed E-state index contributed by atoms with van der Waals surface area (Å²) in [5, 5.41) is 8.93. The Morgan fingerprint density at radius 3 is 2.42 bits per heavy atom. The summed E-state index contributed by atoms with van der Waals surface area (Å²) < 4.78 is 0. The lowest BCUT2D eigenvalue weighted by molar-refractivity contribution is -0.137. The topological polar surface area (TPSA) is 50.2 Å². The fourth-order valence-corrected chi connectivity index (χ4v) is 4.72. The number of carboxylic acids is 1. The highest BCUT2D eigenvalue weighted by atomic mass is 16.4. The molecule has 0 bridgehead atoms. The van der Waals surface area contributed by atoms with Gasteiger partial charge in [-0.05, 0) is 54.9 Å². The van der Waals surface area contributed by atoms with Gasteiger partial charge >= 0.3 is 5.97 Å². The van der Waals surface area contributed by atoms with Crippen LogP contribution in [0.1, 0.15) is 94.4 Å². The van der Waals surface area contributed by atoms with Gasteiger partial charge in [-0.1, -0.05) is 100 Å². The second-order valence-electron chi connectivity index (χ2n) is 9.39. The Hall–Kier alpha value is -2.68. The number of hydrogen-bond acceptors (Lipinski definition) is 2. The molecule has 1 aromatic carbocycles. The van der Waals surface area contributed by atoms with Crippen LogP contribution in [-0.2, 0) is 16.6 Å². The van der Waals surface area contributed by atoms with E-state index in [1.807, 2.05) is 6.07 Å². The number of hydrogen-bond donors (Lipinski definition) is 1. The number of pyridine rings is 1. The number of aliphatic carboxylic acids is 1. The summed E-state index contributed by atoms with van der Waals surface area (Å²) in [6.45, 7) is 2.25. The Kier molecular flexibility index (Phi) is 9.93. The number of benzene rings is 1. The molecule has 1 N–H and O–H groups in total. The van der Waals surface area contributed by atoms with Crippen LogP contribution in [0.5, 0.6) is 0 Å². The predicted molar refractivity (Wildman–Crippen MR) is 137 cm³/mol. The molecule has 3 rings (SSSR count). The lowest BCUT2D eigenvalue weighted by Crippen LogP contribution is -2.26. The van der Waals surface area contributed by atoms with Crippen molar-refractivity contribution in [3.8, 4) is 0 Å². The number of nitrogens with zero attached hydrogens (tertiary/aromatic N) is 1. The molecule has 1 unspecified atom stereocenters. The minimum atomic E-state index is -0.704. The number of carbonyl (C=O) groups is 1. The second-order valence-corrected chi connectivity index (χ2v) is 9.39. The highest BCUT2D eigenvalue weighted by Crippen LogP contribution is 2.39. The fraction of sp³-hybridized carbons (Fsp3) is 0.467. The normalized spacial score (nSPS) is 17.7. The van der Waals surface area contributed by atoms with Gasteiger partial charge in [-0.2, -0.15) is 0 Å². The SMILES string of the molecule is CCCCCCCc1ccc(C2(CCCCCC(=O)O)C=CC(c3ccccc3)=CC2)nc1. The van der Waals surface area contributed by atoms with Gasteiger partial charge in [0.15, 0.2) is 0 Å². The summed E-state index contributed by atoms with van der Waals surface area (Å²) in [6, 6.07) is 15.0. The lowest BCUT2D eigenvalue weighted by Gasteiger charge is -2.32. The molecule has 33 heavy (non-hydrogen) atoms. The number of aryl methyl sites for hydroxylation is 1. The number of unbranched alkanes of at least 4 members (excludes halogenated alkanes) is 6. The first kappa shape index (κ1) is 25.0. The third-order valence-electron chi connectivity index (χ3n) is 6.79. The van der Waals surface area contributed by atoms with Gasteiger partial charge in [0, 0.05) is 18.0 Å². The minimum Gasteiger partial charge on any atom is -0.481 e. The summed E-state index contributed by atoms with van der Waals surface area (Å²) in [5.74, 6) is -0.704. The van der Waals surface area contributed by atoms with E-state index >= 15 is 0 Å². The van der Waals surface area contributed by atoms with E-state index in [1.165, 1.54) is 48.8 Å². The summed E-state index contributed by atoms with van der Waals surface area (Å²) in [4.78, 5) is 15.8. The van der Waals surface area contributed by atoms with E-state index in [1.54, 1.807) is 0 Å². The maximum atomic E-state index is 10.8. The van der Waals surface area contributed by atoms with Crippen LogP contribution in [0.3, 0.4) is 0 Å². The minimum absolute atomic E-state index is 0.110. The van der Waals surface area contributed by atoms with Crippen LogP contribution in [0.4, 0.5) is 0 Å². The second kappa shape index (κ2) is 13.1. The maximum Gasteiger partial charge on any atom is 0.303 e. The van der Waals surface area contributed by atoms with Gasteiger partial charge < -0.3 is 5.11 Å². The van der Waals surface area contributed by atoms with Crippen molar-refractivity contribution >= 4 is 11.5 Å². The van der Waals surface area contributed by atoms with Crippen LogP contribution in [0.15, 0.2) is 66.9 Å². The molecule has 1 heterocycles. The monoisotopic (exact) mass is 445 g/mol. The van der Waals surface area contributed by atoms with Gasteiger partial charge in [0.25, 0.3) is 0 Å². The van der Waals surface area contributed by atoms with E-state index in [2.05, 4.69) is 67.7 Å². The third-order valence-corrected chi connectivity index (χ3v) is 6.79. The van der Waals surface area contributed by atoms with Crippen LogP contribution in [-0.4, -0.2) is 16.1 Å². The molecule has 0 spiro atoms. The van der Waals surface area contributed by atoms with Crippen LogP contribution >= 0.6 is 0 Å². The van der Waals surface area contributed by atoms with Gasteiger partial charge in [-0.3, -0.25) is 9.78 Å². The van der Waals surface area contributed by atoms with Crippen LogP contribution in [0.2, 0.25) is 0 Å². The molecular weight excluding hydrogens is 406 g/mol. The zero-order chi connectivity index (χ0) is 23.4.